The monoisotopic (exact) mass is 242 g/mol. The van der Waals surface area contributed by atoms with E-state index in [1.54, 1.807) is 0 Å². The molecule has 0 saturated heterocycles. The van der Waals surface area contributed by atoms with Crippen LogP contribution in [0, 0.1) is 5.92 Å². The molecule has 0 aliphatic carbocycles. The van der Waals surface area contributed by atoms with Gasteiger partial charge in [0.2, 0.25) is 0 Å². The zero-order valence-corrected chi connectivity index (χ0v) is 9.31. The minimum atomic E-state index is -0.801. The summed E-state index contributed by atoms with van der Waals surface area (Å²) in [7, 11) is 0. The van der Waals surface area contributed by atoms with Gasteiger partial charge in [-0.05, 0) is 18.8 Å². The number of hydrogen-bond acceptors (Lipinski definition) is 4. The second-order valence-electron chi connectivity index (χ2n) is 2.85. The van der Waals surface area contributed by atoms with Gasteiger partial charge in [0.25, 0.3) is 0 Å². The second kappa shape index (κ2) is 7.88. The first-order valence-electron chi connectivity index (χ1n) is 4.17. The van der Waals surface area contributed by atoms with Gasteiger partial charge >= 0.3 is 10.9 Å². The summed E-state index contributed by atoms with van der Waals surface area (Å²) in [6, 6.07) is 0. The van der Waals surface area contributed by atoms with Crippen LogP contribution in [0.1, 0.15) is 19.8 Å². The van der Waals surface area contributed by atoms with Gasteiger partial charge in [0.1, 0.15) is 0 Å². The largest absolute Gasteiger partial charge is 0.454 e. The first-order valence-corrected chi connectivity index (χ1v) is 4.92. The Bertz CT molecular complexity index is 176. The summed E-state index contributed by atoms with van der Waals surface area (Å²) < 4.78 is 9.07. The number of carbonyl (C=O) groups excluding carboxylic acids is 2. The van der Waals surface area contributed by atoms with Crippen molar-refractivity contribution in [2.24, 2.45) is 5.92 Å². The van der Waals surface area contributed by atoms with Crippen LogP contribution in [0.5, 0.6) is 0 Å². The molecule has 0 heterocycles. The average molecular weight is 243 g/mol. The van der Waals surface area contributed by atoms with Crippen molar-refractivity contribution in [1.82, 2.24) is 0 Å². The SMILES string of the molecule is CC(CCOC(=O)Cl)CCOC(=O)Cl. The summed E-state index contributed by atoms with van der Waals surface area (Å²) in [6.45, 7) is 2.50. The average Bonchev–Trinajstić information content (AvgIpc) is 2.02. The van der Waals surface area contributed by atoms with E-state index >= 15 is 0 Å². The van der Waals surface area contributed by atoms with E-state index in [0.717, 1.165) is 0 Å². The lowest BCUT2D eigenvalue weighted by Crippen LogP contribution is -2.07. The lowest BCUT2D eigenvalue weighted by atomic mass is 10.1. The highest BCUT2D eigenvalue weighted by Crippen LogP contribution is 2.08. The maximum absolute atomic E-state index is 10.2. The number of hydrogen-bond donors (Lipinski definition) is 0. The molecule has 0 aromatic rings. The van der Waals surface area contributed by atoms with E-state index in [0.29, 0.717) is 12.8 Å². The first-order chi connectivity index (χ1) is 6.52. The molecular weight excluding hydrogens is 231 g/mol. The van der Waals surface area contributed by atoms with Gasteiger partial charge in [-0.25, -0.2) is 9.59 Å². The van der Waals surface area contributed by atoms with E-state index in [4.69, 9.17) is 23.2 Å². The maximum atomic E-state index is 10.2. The Hall–Kier alpha value is -0.480. The molecule has 0 aliphatic heterocycles. The molecule has 0 atom stereocenters. The van der Waals surface area contributed by atoms with Crippen LogP contribution in [0.15, 0.2) is 0 Å². The molecule has 14 heavy (non-hydrogen) atoms. The van der Waals surface area contributed by atoms with Crippen molar-refractivity contribution in [3.63, 3.8) is 0 Å². The molecule has 6 heteroatoms. The van der Waals surface area contributed by atoms with Gasteiger partial charge in [-0.2, -0.15) is 0 Å². The zero-order valence-electron chi connectivity index (χ0n) is 7.79. The Labute approximate surface area is 92.5 Å². The summed E-state index contributed by atoms with van der Waals surface area (Å²) in [6.07, 6.45) is 1.36. The van der Waals surface area contributed by atoms with Crippen molar-refractivity contribution in [1.29, 1.82) is 0 Å². The van der Waals surface area contributed by atoms with E-state index in [2.05, 4.69) is 9.47 Å². The van der Waals surface area contributed by atoms with Gasteiger partial charge < -0.3 is 9.47 Å². The summed E-state index contributed by atoms with van der Waals surface area (Å²) in [5.41, 5.74) is -1.60. The molecule has 0 spiro atoms. The van der Waals surface area contributed by atoms with Crippen LogP contribution in [0.3, 0.4) is 0 Å². The number of rotatable bonds is 6. The molecule has 0 aliphatic rings. The van der Waals surface area contributed by atoms with Crippen LogP contribution in [-0.2, 0) is 9.47 Å². The Kier molecular flexibility index (Phi) is 7.61. The van der Waals surface area contributed by atoms with E-state index in [-0.39, 0.29) is 19.1 Å². The lowest BCUT2D eigenvalue weighted by Gasteiger charge is -2.09. The lowest BCUT2D eigenvalue weighted by molar-refractivity contribution is 0.152. The maximum Gasteiger partial charge on any atom is 0.403 e. The fourth-order valence-electron chi connectivity index (χ4n) is 0.825. The van der Waals surface area contributed by atoms with Gasteiger partial charge in [-0.1, -0.05) is 6.92 Å². The Morgan fingerprint density at radius 1 is 1.07 bits per heavy atom. The molecule has 0 bridgehead atoms. The van der Waals surface area contributed by atoms with E-state index in [9.17, 15) is 9.59 Å². The molecule has 0 N–H and O–H groups in total. The summed E-state index contributed by atoms with van der Waals surface area (Å²) in [5, 5.41) is 0. The zero-order chi connectivity index (χ0) is 11.0. The molecule has 0 amide bonds. The van der Waals surface area contributed by atoms with Crippen molar-refractivity contribution in [3.05, 3.63) is 0 Å². The van der Waals surface area contributed by atoms with Crippen molar-refractivity contribution >= 4 is 34.1 Å². The fourth-order valence-corrected chi connectivity index (χ4v) is 0.979. The van der Waals surface area contributed by atoms with Crippen LogP contribution in [0.2, 0.25) is 0 Å². The smallest absolute Gasteiger partial charge is 0.403 e. The van der Waals surface area contributed by atoms with Crippen molar-refractivity contribution < 1.29 is 19.1 Å². The predicted molar refractivity (Wildman–Crippen MR) is 52.8 cm³/mol. The molecule has 0 fully saturated rings. The Morgan fingerprint density at radius 3 is 1.71 bits per heavy atom. The van der Waals surface area contributed by atoms with Gasteiger partial charge in [0.05, 0.1) is 13.2 Å². The molecule has 0 aromatic carbocycles. The van der Waals surface area contributed by atoms with Gasteiger partial charge in [0.15, 0.2) is 0 Å². The van der Waals surface area contributed by atoms with Crippen molar-refractivity contribution in [2.45, 2.75) is 19.8 Å². The normalized spacial score (nSPS) is 10.0. The molecule has 82 valence electrons. The summed E-state index contributed by atoms with van der Waals surface area (Å²) >= 11 is 9.92. The Balaban J connectivity index is 3.32. The predicted octanol–water partition coefficient (Wildman–Crippen LogP) is 3.15. The van der Waals surface area contributed by atoms with Crippen molar-refractivity contribution in [3.8, 4) is 0 Å². The molecule has 4 nitrogen and oxygen atoms in total. The fraction of sp³-hybridized carbons (Fsp3) is 0.750. The number of halogens is 2. The van der Waals surface area contributed by atoms with Gasteiger partial charge in [0, 0.05) is 23.2 Å². The summed E-state index contributed by atoms with van der Waals surface area (Å²) in [5.74, 6) is 0.280. The third-order valence-corrected chi connectivity index (χ3v) is 1.87. The van der Waals surface area contributed by atoms with E-state index in [1.807, 2.05) is 6.92 Å². The first kappa shape index (κ1) is 13.5. The molecule has 0 saturated carbocycles. The summed E-state index contributed by atoms with van der Waals surface area (Å²) in [4.78, 5) is 20.4. The van der Waals surface area contributed by atoms with Gasteiger partial charge in [-0.3, -0.25) is 0 Å². The van der Waals surface area contributed by atoms with Crippen molar-refractivity contribution in [2.75, 3.05) is 13.2 Å². The van der Waals surface area contributed by atoms with Gasteiger partial charge in [-0.15, -0.1) is 0 Å². The van der Waals surface area contributed by atoms with Crippen LogP contribution in [0.25, 0.3) is 0 Å². The standard InChI is InChI=1S/C8H12Cl2O4/c1-6(2-4-13-7(9)11)3-5-14-8(10)12/h6H,2-5H2,1H3. The highest BCUT2D eigenvalue weighted by Gasteiger charge is 2.05. The second-order valence-corrected chi connectivity index (χ2v) is 3.47. The minimum absolute atomic E-state index is 0.276. The quantitative estimate of drug-likeness (QED) is 0.672. The molecular formula is C8H12Cl2O4. The molecule has 0 aromatic heterocycles. The van der Waals surface area contributed by atoms with E-state index < -0.39 is 10.9 Å². The third-order valence-electron chi connectivity index (χ3n) is 1.65. The highest BCUT2D eigenvalue weighted by atomic mass is 35.5. The highest BCUT2D eigenvalue weighted by molar-refractivity contribution is 6.61. The number of ether oxygens (including phenoxy) is 2. The van der Waals surface area contributed by atoms with Crippen LogP contribution in [0.4, 0.5) is 9.59 Å². The Morgan fingerprint density at radius 2 is 1.43 bits per heavy atom. The molecule has 0 radical (unpaired) electrons. The van der Waals surface area contributed by atoms with Crippen LogP contribution < -0.4 is 0 Å². The van der Waals surface area contributed by atoms with Crippen LogP contribution >= 0.6 is 23.2 Å². The molecule has 0 unspecified atom stereocenters. The molecule has 0 rings (SSSR count). The van der Waals surface area contributed by atoms with E-state index in [1.165, 1.54) is 0 Å². The third kappa shape index (κ3) is 9.61. The minimum Gasteiger partial charge on any atom is -0.454 e. The number of carbonyl (C=O) groups is 2. The topological polar surface area (TPSA) is 52.6 Å². The van der Waals surface area contributed by atoms with Crippen LogP contribution in [-0.4, -0.2) is 24.1 Å².